The maximum Gasteiger partial charge on any atom is 0.309 e. The topological polar surface area (TPSA) is 78.4 Å². The van der Waals surface area contributed by atoms with Crippen LogP contribution in [0, 0.1) is 0 Å². The van der Waals surface area contributed by atoms with Crippen LogP contribution in [0.15, 0.2) is 29.2 Å². The Labute approximate surface area is 212 Å². The Morgan fingerprint density at radius 3 is 1.53 bits per heavy atom. The largest absolute Gasteiger partial charge is 0.508 e. The van der Waals surface area contributed by atoms with Crippen molar-refractivity contribution in [3.8, 4) is 5.75 Å². The Bertz CT molecular complexity index is 637. The van der Waals surface area contributed by atoms with Crippen molar-refractivity contribution in [2.24, 2.45) is 0 Å². The summed E-state index contributed by atoms with van der Waals surface area (Å²) in [4.78, 5) is 24.7. The third kappa shape index (κ3) is 17.7. The van der Waals surface area contributed by atoms with Gasteiger partial charge in [-0.15, -0.1) is 11.8 Å². The average Bonchev–Trinajstić information content (AvgIpc) is 2.84. The van der Waals surface area contributed by atoms with Crippen LogP contribution in [0.5, 0.6) is 5.75 Å². The molecule has 0 aromatic heterocycles. The van der Waals surface area contributed by atoms with Crippen molar-refractivity contribution < 1.29 is 14.7 Å². The van der Waals surface area contributed by atoms with E-state index in [-0.39, 0.29) is 5.75 Å². The van der Waals surface area contributed by atoms with Gasteiger partial charge in [0.05, 0.1) is 0 Å². The van der Waals surface area contributed by atoms with Crippen molar-refractivity contribution in [3.63, 3.8) is 0 Å². The number of aromatic hydroxyl groups is 1. The van der Waals surface area contributed by atoms with Gasteiger partial charge in [0.1, 0.15) is 5.75 Å². The van der Waals surface area contributed by atoms with Crippen LogP contribution in [0.4, 0.5) is 0 Å². The summed E-state index contributed by atoms with van der Waals surface area (Å²) in [5.74, 6) is -0.208. The van der Waals surface area contributed by atoms with Gasteiger partial charge in [0, 0.05) is 23.7 Å². The van der Waals surface area contributed by atoms with E-state index in [1.165, 1.54) is 89.9 Å². The van der Waals surface area contributed by atoms with Gasteiger partial charge in [-0.25, -0.2) is 0 Å². The summed E-state index contributed by atoms with van der Waals surface area (Å²) >= 11 is 1.57. The lowest BCUT2D eigenvalue weighted by atomic mass is 10.0. The van der Waals surface area contributed by atoms with Gasteiger partial charge in [-0.1, -0.05) is 103 Å². The first kappa shape index (κ1) is 30.3. The number of amides is 2. The Hall–Kier alpha value is -1.69. The van der Waals surface area contributed by atoms with Gasteiger partial charge >= 0.3 is 11.8 Å². The summed E-state index contributed by atoms with van der Waals surface area (Å²) < 4.78 is 0. The van der Waals surface area contributed by atoms with Gasteiger partial charge in [0.15, 0.2) is 0 Å². The monoisotopic (exact) mass is 492 g/mol. The first-order valence-corrected chi connectivity index (χ1v) is 14.6. The molecule has 0 spiro atoms. The number of hydrogen-bond acceptors (Lipinski definition) is 4. The molecule has 0 aliphatic carbocycles. The Morgan fingerprint density at radius 1 is 0.647 bits per heavy atom. The maximum atomic E-state index is 11.8. The van der Waals surface area contributed by atoms with Gasteiger partial charge in [0.25, 0.3) is 0 Å². The molecule has 1 rings (SSSR count). The Balaban J connectivity index is 1.82. The number of rotatable bonds is 21. The van der Waals surface area contributed by atoms with Crippen molar-refractivity contribution in [2.45, 2.75) is 115 Å². The summed E-state index contributed by atoms with van der Waals surface area (Å²) in [5, 5.41) is 14.6. The highest BCUT2D eigenvalue weighted by Crippen LogP contribution is 2.20. The lowest BCUT2D eigenvalue weighted by molar-refractivity contribution is -0.139. The molecule has 0 saturated carbocycles. The number of phenolic OH excluding ortho intramolecular Hbond substituents is 1. The minimum atomic E-state index is -0.567. The molecule has 3 N–H and O–H groups in total. The smallest absolute Gasteiger partial charge is 0.309 e. The van der Waals surface area contributed by atoms with Crippen LogP contribution < -0.4 is 10.6 Å². The van der Waals surface area contributed by atoms with Crippen molar-refractivity contribution >= 4 is 23.6 Å². The van der Waals surface area contributed by atoms with E-state index in [4.69, 9.17) is 0 Å². The van der Waals surface area contributed by atoms with Gasteiger partial charge in [0.2, 0.25) is 0 Å². The molecule has 0 radical (unpaired) electrons. The van der Waals surface area contributed by atoms with Gasteiger partial charge in [-0.3, -0.25) is 9.59 Å². The number of hydrogen-bond donors (Lipinski definition) is 3. The summed E-state index contributed by atoms with van der Waals surface area (Å²) in [6.07, 6.45) is 21.1. The van der Waals surface area contributed by atoms with Gasteiger partial charge in [-0.2, -0.15) is 0 Å². The predicted molar refractivity (Wildman–Crippen MR) is 144 cm³/mol. The number of carbonyl (C=O) groups is 2. The molecule has 6 heteroatoms. The molecule has 0 bridgehead atoms. The predicted octanol–water partition coefficient (Wildman–Crippen LogP) is 6.98. The summed E-state index contributed by atoms with van der Waals surface area (Å²) in [6, 6.07) is 6.92. The number of unbranched alkanes of at least 4 members (excludes halogenated alkanes) is 15. The molecule has 0 fully saturated rings. The van der Waals surface area contributed by atoms with Crippen LogP contribution in [0.3, 0.4) is 0 Å². The quantitative estimate of drug-likeness (QED) is 0.0983. The summed E-state index contributed by atoms with van der Waals surface area (Å²) in [7, 11) is 0. The number of benzene rings is 1. The van der Waals surface area contributed by atoms with Crippen molar-refractivity contribution in [3.05, 3.63) is 24.3 Å². The molecule has 194 valence electrons. The number of carbonyl (C=O) groups excluding carboxylic acids is 2. The highest BCUT2D eigenvalue weighted by molar-refractivity contribution is 7.99. The molecule has 0 aliphatic rings. The fourth-order valence-corrected chi connectivity index (χ4v) is 4.68. The zero-order valence-corrected chi connectivity index (χ0v) is 22.2. The van der Waals surface area contributed by atoms with Gasteiger partial charge < -0.3 is 15.7 Å². The summed E-state index contributed by atoms with van der Waals surface area (Å²) in [5.41, 5.74) is 0. The van der Waals surface area contributed by atoms with Crippen LogP contribution >= 0.6 is 11.8 Å². The highest BCUT2D eigenvalue weighted by atomic mass is 32.2. The number of nitrogens with one attached hydrogen (secondary N) is 2. The van der Waals surface area contributed by atoms with Crippen LogP contribution in [0.2, 0.25) is 0 Å². The summed E-state index contributed by atoms with van der Waals surface area (Å²) in [6.45, 7) is 3.26. The van der Waals surface area contributed by atoms with Crippen LogP contribution in [0.1, 0.15) is 110 Å². The van der Waals surface area contributed by atoms with E-state index in [0.717, 1.165) is 17.7 Å². The molecule has 0 saturated heterocycles. The van der Waals surface area contributed by atoms with Crippen LogP contribution in [-0.4, -0.2) is 35.8 Å². The van der Waals surface area contributed by atoms with E-state index >= 15 is 0 Å². The second kappa shape index (κ2) is 21.8. The lowest BCUT2D eigenvalue weighted by Gasteiger charge is -2.07. The molecule has 0 unspecified atom stereocenters. The molecular weight excluding hydrogens is 444 g/mol. The molecule has 0 heterocycles. The minimum Gasteiger partial charge on any atom is -0.508 e. The molecule has 1 aromatic carbocycles. The third-order valence-corrected chi connectivity index (χ3v) is 7.03. The van der Waals surface area contributed by atoms with E-state index in [1.807, 2.05) is 12.1 Å². The fraction of sp³-hybridized carbons (Fsp3) is 0.714. The minimum absolute atomic E-state index is 0.235. The van der Waals surface area contributed by atoms with Gasteiger partial charge in [-0.05, 0) is 30.7 Å². The van der Waals surface area contributed by atoms with E-state index in [9.17, 15) is 14.7 Å². The number of phenols is 1. The second-order valence-electron chi connectivity index (χ2n) is 9.16. The molecule has 2 amide bonds. The standard InChI is InChI=1S/C28H48N2O3S/c1-2-3-4-5-6-7-8-9-10-11-12-13-14-15-16-17-22-29-27(32)28(33)30-23-24-34-26-20-18-25(31)19-21-26/h18-21,31H,2-17,22-24H2,1H3,(H,29,32)(H,30,33). The van der Waals surface area contributed by atoms with Crippen LogP contribution in [0.25, 0.3) is 0 Å². The Kier molecular flexibility index (Phi) is 19.5. The molecule has 34 heavy (non-hydrogen) atoms. The average molecular weight is 493 g/mol. The van der Waals surface area contributed by atoms with E-state index < -0.39 is 11.8 Å². The van der Waals surface area contributed by atoms with Crippen LogP contribution in [-0.2, 0) is 9.59 Å². The number of thioether (sulfide) groups is 1. The molecule has 1 aromatic rings. The van der Waals surface area contributed by atoms with E-state index in [0.29, 0.717) is 18.8 Å². The van der Waals surface area contributed by atoms with E-state index in [2.05, 4.69) is 17.6 Å². The lowest BCUT2D eigenvalue weighted by Crippen LogP contribution is -2.41. The van der Waals surface area contributed by atoms with Crippen molar-refractivity contribution in [1.29, 1.82) is 0 Å². The normalized spacial score (nSPS) is 10.9. The van der Waals surface area contributed by atoms with Crippen molar-refractivity contribution in [2.75, 3.05) is 18.8 Å². The maximum absolute atomic E-state index is 11.8. The molecular formula is C28H48N2O3S. The fourth-order valence-electron chi connectivity index (χ4n) is 3.91. The van der Waals surface area contributed by atoms with E-state index in [1.54, 1.807) is 23.9 Å². The first-order valence-electron chi connectivity index (χ1n) is 13.6. The zero-order chi connectivity index (χ0) is 24.7. The zero-order valence-electron chi connectivity index (χ0n) is 21.4. The Morgan fingerprint density at radius 2 is 1.06 bits per heavy atom. The van der Waals surface area contributed by atoms with Crippen molar-refractivity contribution in [1.82, 2.24) is 10.6 Å². The molecule has 0 aliphatic heterocycles. The third-order valence-electron chi connectivity index (χ3n) is 6.02. The molecule has 5 nitrogen and oxygen atoms in total. The second-order valence-corrected chi connectivity index (χ2v) is 10.3. The highest BCUT2D eigenvalue weighted by Gasteiger charge is 2.11. The molecule has 0 atom stereocenters. The first-order chi connectivity index (χ1) is 16.6. The SMILES string of the molecule is CCCCCCCCCCCCCCCCCCNC(=O)C(=O)NCCSc1ccc(O)cc1.